The monoisotopic (exact) mass is 772 g/mol. The normalized spacial score (nSPS) is 12.3. The zero-order valence-electron chi connectivity index (χ0n) is 32.4. The van der Waals surface area contributed by atoms with Gasteiger partial charge in [-0.1, -0.05) is 63.4 Å². The summed E-state index contributed by atoms with van der Waals surface area (Å²) in [5.74, 6) is 1.29. The third-order valence-corrected chi connectivity index (χ3v) is 9.10. The van der Waals surface area contributed by atoms with E-state index in [0.29, 0.717) is 50.1 Å². The minimum absolute atomic E-state index is 0.0372. The summed E-state index contributed by atoms with van der Waals surface area (Å²) in [6.45, 7) is 12.8. The van der Waals surface area contributed by atoms with Crippen LogP contribution in [-0.2, 0) is 34.0 Å². The summed E-state index contributed by atoms with van der Waals surface area (Å²) in [7, 11) is 0. The second-order valence-corrected chi connectivity index (χ2v) is 13.5. The Morgan fingerprint density at radius 2 is 1.04 bits per heavy atom. The molecule has 0 heterocycles. The number of hydrogen-bond donors (Lipinski definition) is 0. The summed E-state index contributed by atoms with van der Waals surface area (Å²) in [6.07, 6.45) is 11.8. The molecular weight excluding hydrogens is 725 g/mol. The molecule has 4 aromatic carbocycles. The smallest absolute Gasteiger partial charge is 0.336 e. The van der Waals surface area contributed by atoms with E-state index in [1.54, 1.807) is 12.3 Å². The van der Waals surface area contributed by atoms with Crippen LogP contribution in [0.5, 0.6) is 23.0 Å². The van der Waals surface area contributed by atoms with Crippen molar-refractivity contribution in [2.75, 3.05) is 33.2 Å². The van der Waals surface area contributed by atoms with E-state index in [-0.39, 0.29) is 12.2 Å². The molecule has 0 amide bonds. The Morgan fingerprint density at radius 3 is 1.58 bits per heavy atom. The van der Waals surface area contributed by atoms with Gasteiger partial charge in [-0.2, -0.15) is 0 Å². The number of ether oxygens (including phenoxy) is 7. The van der Waals surface area contributed by atoms with Crippen molar-refractivity contribution in [3.63, 3.8) is 0 Å². The van der Waals surface area contributed by atoms with Crippen molar-refractivity contribution in [1.82, 2.24) is 0 Å². The van der Waals surface area contributed by atoms with Crippen molar-refractivity contribution in [3.8, 4) is 34.1 Å². The number of rotatable bonds is 22. The number of esters is 3. The minimum Gasteiger partial charge on any atom is -0.494 e. The Kier molecular flexibility index (Phi) is 15.3. The Hall–Kier alpha value is -6.55. The van der Waals surface area contributed by atoms with Gasteiger partial charge in [0.25, 0.3) is 0 Å². The first kappa shape index (κ1) is 41.6. The summed E-state index contributed by atoms with van der Waals surface area (Å²) in [5.41, 5.74) is 5.76. The van der Waals surface area contributed by atoms with Crippen molar-refractivity contribution in [2.45, 2.75) is 44.9 Å². The number of carbonyl (C=O) groups excluding carboxylic acids is 3. The fourth-order valence-corrected chi connectivity index (χ4v) is 6.03. The lowest BCUT2D eigenvalue weighted by atomic mass is 9.82. The molecule has 0 aliphatic heterocycles. The third kappa shape index (κ3) is 12.5. The van der Waals surface area contributed by atoms with E-state index in [1.807, 2.05) is 91.0 Å². The van der Waals surface area contributed by atoms with Gasteiger partial charge in [0, 0.05) is 23.6 Å². The van der Waals surface area contributed by atoms with E-state index in [9.17, 15) is 14.4 Å². The van der Waals surface area contributed by atoms with Gasteiger partial charge in [0.05, 0.1) is 32.7 Å². The predicted octanol–water partition coefficient (Wildman–Crippen LogP) is 9.41. The van der Waals surface area contributed by atoms with E-state index < -0.39 is 17.9 Å². The lowest BCUT2D eigenvalue weighted by Crippen LogP contribution is -2.15. The molecular formula is C47H48O10. The Morgan fingerprint density at radius 1 is 0.561 bits per heavy atom. The molecule has 4 aromatic rings. The van der Waals surface area contributed by atoms with Crippen LogP contribution < -0.4 is 18.9 Å². The van der Waals surface area contributed by atoms with Crippen LogP contribution in [0, 0.1) is 0 Å². The molecule has 5 rings (SSSR count). The van der Waals surface area contributed by atoms with E-state index in [4.69, 9.17) is 33.2 Å². The molecule has 10 nitrogen and oxygen atoms in total. The molecule has 10 heteroatoms. The SMILES string of the molecule is C=CC(=O)OCCCCOc1ccc(C=COCOc2ccc3c(c2)C(C)(C)c2cc(OC(=O)C=Cc4ccc(OCCCCOC(=O)C=C)cc4)ccc2-3)cc1. The van der Waals surface area contributed by atoms with Crippen LogP contribution in [0.15, 0.2) is 123 Å². The van der Waals surface area contributed by atoms with Gasteiger partial charge in [-0.05, 0) is 120 Å². The van der Waals surface area contributed by atoms with Crippen molar-refractivity contribution in [1.29, 1.82) is 0 Å². The zero-order valence-corrected chi connectivity index (χ0v) is 32.4. The zero-order chi connectivity index (χ0) is 40.5. The molecule has 0 N–H and O–H groups in total. The van der Waals surface area contributed by atoms with E-state index in [0.717, 1.165) is 70.5 Å². The van der Waals surface area contributed by atoms with Gasteiger partial charge < -0.3 is 33.2 Å². The van der Waals surface area contributed by atoms with Crippen molar-refractivity contribution in [2.24, 2.45) is 0 Å². The average molecular weight is 773 g/mol. The van der Waals surface area contributed by atoms with Crippen molar-refractivity contribution in [3.05, 3.63) is 145 Å². The highest BCUT2D eigenvalue weighted by Crippen LogP contribution is 2.50. The number of benzene rings is 4. The van der Waals surface area contributed by atoms with Gasteiger partial charge in [-0.25, -0.2) is 14.4 Å². The summed E-state index contributed by atoms with van der Waals surface area (Å²) >= 11 is 0. The molecule has 0 bridgehead atoms. The molecule has 0 aromatic heterocycles. The first-order valence-electron chi connectivity index (χ1n) is 18.8. The standard InChI is InChI=1S/C47H48O10/c1-5-44(48)54-28-9-7-26-52-36-16-11-34(12-17-36)15-24-46(50)57-39-21-23-41-40-22-20-38(31-42(40)47(3,4)43(41)32-39)56-33-51-30-25-35-13-18-37(19-14-35)53-27-8-10-29-55-45(49)6-2/h5-6,11-25,30-32H,1-2,7-10,26-29,33H2,3-4H3. The number of unbranched alkanes of at least 4 members (excludes halogenated alkanes) is 2. The fourth-order valence-electron chi connectivity index (χ4n) is 6.03. The van der Waals surface area contributed by atoms with Gasteiger partial charge in [-0.15, -0.1) is 0 Å². The lowest BCUT2D eigenvalue weighted by Gasteiger charge is -2.22. The highest BCUT2D eigenvalue weighted by molar-refractivity contribution is 5.89. The van der Waals surface area contributed by atoms with E-state index in [2.05, 4.69) is 27.0 Å². The highest BCUT2D eigenvalue weighted by Gasteiger charge is 2.36. The van der Waals surface area contributed by atoms with Crippen LogP contribution in [0.1, 0.15) is 61.8 Å². The maximum absolute atomic E-state index is 12.8. The van der Waals surface area contributed by atoms with Crippen LogP contribution >= 0.6 is 0 Å². The van der Waals surface area contributed by atoms with Crippen molar-refractivity contribution < 1.29 is 47.5 Å². The topological polar surface area (TPSA) is 116 Å². The summed E-state index contributed by atoms with van der Waals surface area (Å²) in [6, 6.07) is 26.8. The molecule has 0 radical (unpaired) electrons. The van der Waals surface area contributed by atoms with Crippen molar-refractivity contribution >= 4 is 30.1 Å². The second-order valence-electron chi connectivity index (χ2n) is 13.5. The summed E-state index contributed by atoms with van der Waals surface area (Å²) in [5, 5.41) is 0. The fraction of sp³-hybridized carbons (Fsp3) is 0.255. The molecule has 0 fully saturated rings. The Bertz CT molecular complexity index is 2060. The average Bonchev–Trinajstić information content (AvgIpc) is 3.44. The molecule has 0 saturated heterocycles. The largest absolute Gasteiger partial charge is 0.494 e. The predicted molar refractivity (Wildman–Crippen MR) is 219 cm³/mol. The van der Waals surface area contributed by atoms with Crippen LogP contribution in [0.3, 0.4) is 0 Å². The highest BCUT2D eigenvalue weighted by atomic mass is 16.7. The molecule has 57 heavy (non-hydrogen) atoms. The lowest BCUT2D eigenvalue weighted by molar-refractivity contribution is -0.138. The maximum atomic E-state index is 12.8. The molecule has 1 aliphatic rings. The summed E-state index contributed by atoms with van der Waals surface area (Å²) < 4.78 is 38.7. The Labute approximate surface area is 334 Å². The van der Waals surface area contributed by atoms with E-state index in [1.165, 1.54) is 6.08 Å². The Balaban J connectivity index is 1.04. The quantitative estimate of drug-likeness (QED) is 0.0191. The summed E-state index contributed by atoms with van der Waals surface area (Å²) in [4.78, 5) is 34.9. The molecule has 0 saturated carbocycles. The first-order valence-corrected chi connectivity index (χ1v) is 18.8. The molecule has 1 aliphatic carbocycles. The van der Waals surface area contributed by atoms with Gasteiger partial charge in [0.1, 0.15) is 23.0 Å². The van der Waals surface area contributed by atoms with Crippen LogP contribution in [0.2, 0.25) is 0 Å². The van der Waals surface area contributed by atoms with Gasteiger partial charge >= 0.3 is 17.9 Å². The molecule has 0 atom stereocenters. The minimum atomic E-state index is -0.481. The molecule has 296 valence electrons. The molecule has 0 unspecified atom stereocenters. The van der Waals surface area contributed by atoms with Gasteiger partial charge in [-0.3, -0.25) is 0 Å². The number of carbonyl (C=O) groups is 3. The van der Waals surface area contributed by atoms with Crippen LogP contribution in [-0.4, -0.2) is 51.1 Å². The molecule has 0 spiro atoms. The van der Waals surface area contributed by atoms with Crippen LogP contribution in [0.25, 0.3) is 23.3 Å². The number of hydrogen-bond acceptors (Lipinski definition) is 10. The first-order chi connectivity index (χ1) is 27.7. The van der Waals surface area contributed by atoms with Gasteiger partial charge in [0.2, 0.25) is 6.79 Å². The van der Waals surface area contributed by atoms with E-state index >= 15 is 0 Å². The van der Waals surface area contributed by atoms with Crippen LogP contribution in [0.4, 0.5) is 0 Å². The second kappa shape index (κ2) is 20.9. The third-order valence-electron chi connectivity index (χ3n) is 9.10. The van der Waals surface area contributed by atoms with Gasteiger partial charge in [0.15, 0.2) is 0 Å². The maximum Gasteiger partial charge on any atom is 0.336 e. The number of fused-ring (bicyclic) bond motifs is 3.